The van der Waals surface area contributed by atoms with E-state index in [2.05, 4.69) is 5.32 Å². The minimum absolute atomic E-state index is 0.130. The van der Waals surface area contributed by atoms with Crippen molar-refractivity contribution < 1.29 is 18.7 Å². The summed E-state index contributed by atoms with van der Waals surface area (Å²) in [6.07, 6.45) is 1.39. The average molecular weight is 366 g/mol. The Kier molecular flexibility index (Phi) is 4.65. The fourth-order valence-corrected chi connectivity index (χ4v) is 2.80. The number of pyridine rings is 1. The standard InChI is InChI=1S/C20H18N2O5/c23-19-7-3-4-10-22(19)12-14-8-9-18(26-14)20(24)21-11-15-13-25-16-5-1-2-6-17(16)27-15/h1-10,15H,11-13H2,(H,21,24). The summed E-state index contributed by atoms with van der Waals surface area (Å²) in [5.41, 5.74) is -0.130. The summed E-state index contributed by atoms with van der Waals surface area (Å²) in [6.45, 7) is 0.919. The lowest BCUT2D eigenvalue weighted by atomic mass is 10.2. The van der Waals surface area contributed by atoms with Gasteiger partial charge >= 0.3 is 0 Å². The van der Waals surface area contributed by atoms with Crippen LogP contribution in [0.3, 0.4) is 0 Å². The molecule has 1 atom stereocenters. The number of carbonyl (C=O) groups is 1. The highest BCUT2D eigenvalue weighted by Gasteiger charge is 2.22. The first kappa shape index (κ1) is 17.0. The quantitative estimate of drug-likeness (QED) is 0.747. The summed E-state index contributed by atoms with van der Waals surface area (Å²) in [4.78, 5) is 24.0. The van der Waals surface area contributed by atoms with Crippen LogP contribution in [0.1, 0.15) is 16.3 Å². The molecule has 0 spiro atoms. The second-order valence-electron chi connectivity index (χ2n) is 6.14. The lowest BCUT2D eigenvalue weighted by Gasteiger charge is -2.26. The summed E-state index contributed by atoms with van der Waals surface area (Å²) in [5.74, 6) is 1.73. The summed E-state index contributed by atoms with van der Waals surface area (Å²) < 4.78 is 18.5. The Labute approximate surface area is 155 Å². The van der Waals surface area contributed by atoms with Crippen molar-refractivity contribution in [3.05, 3.63) is 82.7 Å². The smallest absolute Gasteiger partial charge is 0.287 e. The third-order valence-corrected chi connectivity index (χ3v) is 4.17. The van der Waals surface area contributed by atoms with Gasteiger partial charge in [0.05, 0.1) is 13.1 Å². The molecule has 0 radical (unpaired) electrons. The van der Waals surface area contributed by atoms with E-state index in [1.165, 1.54) is 10.6 Å². The molecule has 1 amide bonds. The van der Waals surface area contributed by atoms with Crippen LogP contribution < -0.4 is 20.3 Å². The SMILES string of the molecule is O=C(NCC1COc2ccccc2O1)c1ccc(Cn2ccccc2=O)o1. The monoisotopic (exact) mass is 366 g/mol. The van der Waals surface area contributed by atoms with Gasteiger partial charge in [0.2, 0.25) is 0 Å². The van der Waals surface area contributed by atoms with Crippen LogP contribution in [0, 0.1) is 0 Å². The molecular formula is C20H18N2O5. The molecule has 0 fully saturated rings. The molecule has 3 aromatic rings. The van der Waals surface area contributed by atoms with Gasteiger partial charge in [0.1, 0.15) is 18.5 Å². The maximum atomic E-state index is 12.3. The van der Waals surface area contributed by atoms with E-state index in [1.807, 2.05) is 24.3 Å². The summed E-state index contributed by atoms with van der Waals surface area (Å²) in [7, 11) is 0. The van der Waals surface area contributed by atoms with Gasteiger partial charge in [-0.2, -0.15) is 0 Å². The molecule has 27 heavy (non-hydrogen) atoms. The van der Waals surface area contributed by atoms with E-state index in [0.29, 0.717) is 30.4 Å². The number of ether oxygens (including phenoxy) is 2. The minimum Gasteiger partial charge on any atom is -0.486 e. The molecule has 1 unspecified atom stereocenters. The normalized spacial score (nSPS) is 15.3. The molecule has 0 saturated heterocycles. The molecule has 1 aliphatic heterocycles. The fraction of sp³-hybridized carbons (Fsp3) is 0.200. The van der Waals surface area contributed by atoms with Gasteiger partial charge in [0, 0.05) is 12.3 Å². The van der Waals surface area contributed by atoms with Crippen LogP contribution in [-0.2, 0) is 6.54 Å². The van der Waals surface area contributed by atoms with Gasteiger partial charge in [0.15, 0.2) is 17.3 Å². The Balaban J connectivity index is 1.34. The number of benzene rings is 1. The maximum Gasteiger partial charge on any atom is 0.287 e. The Bertz CT molecular complexity index is 1010. The molecule has 1 aromatic carbocycles. The number of furan rings is 1. The Morgan fingerprint density at radius 2 is 1.89 bits per heavy atom. The molecule has 7 nitrogen and oxygen atoms in total. The molecule has 138 valence electrons. The third-order valence-electron chi connectivity index (χ3n) is 4.17. The number of fused-ring (bicyclic) bond motifs is 1. The molecule has 1 aliphatic rings. The van der Waals surface area contributed by atoms with E-state index >= 15 is 0 Å². The number of carbonyl (C=O) groups excluding carboxylic acids is 1. The topological polar surface area (TPSA) is 82.7 Å². The Morgan fingerprint density at radius 1 is 1.07 bits per heavy atom. The predicted molar refractivity (Wildman–Crippen MR) is 97.2 cm³/mol. The Morgan fingerprint density at radius 3 is 2.74 bits per heavy atom. The molecule has 0 saturated carbocycles. The number of hydrogen-bond donors (Lipinski definition) is 1. The summed E-state index contributed by atoms with van der Waals surface area (Å²) in [6, 6.07) is 15.6. The van der Waals surface area contributed by atoms with Crippen molar-refractivity contribution in [1.29, 1.82) is 0 Å². The summed E-state index contributed by atoms with van der Waals surface area (Å²) >= 11 is 0. The van der Waals surface area contributed by atoms with Crippen molar-refractivity contribution in [2.45, 2.75) is 12.6 Å². The highest BCUT2D eigenvalue weighted by atomic mass is 16.6. The van der Waals surface area contributed by atoms with Crippen LogP contribution >= 0.6 is 0 Å². The van der Waals surface area contributed by atoms with Gasteiger partial charge in [-0.15, -0.1) is 0 Å². The van der Waals surface area contributed by atoms with E-state index in [0.717, 1.165) is 0 Å². The van der Waals surface area contributed by atoms with Crippen molar-refractivity contribution in [1.82, 2.24) is 9.88 Å². The van der Waals surface area contributed by atoms with Crippen LogP contribution in [0.2, 0.25) is 0 Å². The average Bonchev–Trinajstić information content (AvgIpc) is 3.16. The Hall–Kier alpha value is -3.48. The first-order valence-corrected chi connectivity index (χ1v) is 8.60. The lowest BCUT2D eigenvalue weighted by molar-refractivity contribution is 0.0772. The van der Waals surface area contributed by atoms with E-state index < -0.39 is 0 Å². The molecule has 7 heteroatoms. The van der Waals surface area contributed by atoms with Crippen LogP contribution in [0.5, 0.6) is 11.5 Å². The third kappa shape index (κ3) is 3.87. The number of hydrogen-bond acceptors (Lipinski definition) is 5. The lowest BCUT2D eigenvalue weighted by Crippen LogP contribution is -2.40. The molecule has 2 aromatic heterocycles. The van der Waals surface area contributed by atoms with E-state index in [1.54, 1.807) is 30.5 Å². The summed E-state index contributed by atoms with van der Waals surface area (Å²) in [5, 5.41) is 2.78. The molecule has 0 bridgehead atoms. The van der Waals surface area contributed by atoms with Gasteiger partial charge in [-0.3, -0.25) is 9.59 Å². The molecule has 1 N–H and O–H groups in total. The zero-order chi connectivity index (χ0) is 18.6. The zero-order valence-corrected chi connectivity index (χ0v) is 14.5. The van der Waals surface area contributed by atoms with E-state index in [-0.39, 0.29) is 29.9 Å². The van der Waals surface area contributed by atoms with Crippen molar-refractivity contribution in [2.24, 2.45) is 0 Å². The van der Waals surface area contributed by atoms with E-state index in [9.17, 15) is 9.59 Å². The van der Waals surface area contributed by atoms with Crippen LogP contribution in [0.15, 0.2) is 70.0 Å². The number of nitrogens with zero attached hydrogens (tertiary/aromatic N) is 1. The maximum absolute atomic E-state index is 12.3. The first-order chi connectivity index (χ1) is 13.2. The van der Waals surface area contributed by atoms with Gasteiger partial charge in [0.25, 0.3) is 11.5 Å². The predicted octanol–water partition coefficient (Wildman–Crippen LogP) is 2.06. The minimum atomic E-state index is -0.343. The van der Waals surface area contributed by atoms with Gasteiger partial charge < -0.3 is 23.8 Å². The highest BCUT2D eigenvalue weighted by Crippen LogP contribution is 2.30. The van der Waals surface area contributed by atoms with Crippen LogP contribution in [-0.4, -0.2) is 29.7 Å². The van der Waals surface area contributed by atoms with Gasteiger partial charge in [-0.25, -0.2) is 0 Å². The van der Waals surface area contributed by atoms with Crippen molar-refractivity contribution in [3.63, 3.8) is 0 Å². The van der Waals surface area contributed by atoms with Gasteiger partial charge in [-0.1, -0.05) is 18.2 Å². The highest BCUT2D eigenvalue weighted by molar-refractivity contribution is 5.91. The molecule has 4 rings (SSSR count). The zero-order valence-electron chi connectivity index (χ0n) is 14.5. The second kappa shape index (κ2) is 7.41. The van der Waals surface area contributed by atoms with E-state index in [4.69, 9.17) is 13.9 Å². The largest absolute Gasteiger partial charge is 0.486 e. The number of rotatable bonds is 5. The first-order valence-electron chi connectivity index (χ1n) is 8.60. The number of nitrogens with one attached hydrogen (secondary N) is 1. The van der Waals surface area contributed by atoms with Crippen molar-refractivity contribution in [2.75, 3.05) is 13.2 Å². The molecule has 0 aliphatic carbocycles. The molecule has 3 heterocycles. The number of para-hydroxylation sites is 2. The number of aromatic nitrogens is 1. The fourth-order valence-electron chi connectivity index (χ4n) is 2.80. The second-order valence-corrected chi connectivity index (χ2v) is 6.14. The van der Waals surface area contributed by atoms with Gasteiger partial charge in [-0.05, 0) is 30.3 Å². The van der Waals surface area contributed by atoms with Crippen molar-refractivity contribution in [3.8, 4) is 11.5 Å². The van der Waals surface area contributed by atoms with Crippen LogP contribution in [0.25, 0.3) is 0 Å². The van der Waals surface area contributed by atoms with Crippen LogP contribution in [0.4, 0.5) is 0 Å². The number of amides is 1. The molecular weight excluding hydrogens is 348 g/mol. The van der Waals surface area contributed by atoms with Crippen molar-refractivity contribution >= 4 is 5.91 Å².